The van der Waals surface area contributed by atoms with Crippen molar-refractivity contribution in [1.82, 2.24) is 0 Å². The summed E-state index contributed by atoms with van der Waals surface area (Å²) in [6.45, 7) is 9.34. The molecular weight excluding hydrogens is 392 g/mol. The SMILES string of the molecule is CC(C)(C)C(=O)OCC(=O)[C@@]1(O)CC[C@H]2[C@@H]3CCC4=CC(=O)CC[C@]4(C)[C@H]3CC[C@@]21C. The number of hydrogen-bond donors (Lipinski definition) is 1. The molecule has 0 saturated heterocycles. The molecule has 4 aliphatic rings. The van der Waals surface area contributed by atoms with Crippen molar-refractivity contribution in [2.75, 3.05) is 6.61 Å². The second-order valence-corrected chi connectivity index (χ2v) is 12.1. The van der Waals surface area contributed by atoms with E-state index in [0.717, 1.165) is 38.5 Å². The van der Waals surface area contributed by atoms with Crippen LogP contribution in [0.25, 0.3) is 0 Å². The van der Waals surface area contributed by atoms with Crippen LogP contribution in [0.4, 0.5) is 0 Å². The molecule has 0 aromatic rings. The molecule has 5 nitrogen and oxygen atoms in total. The summed E-state index contributed by atoms with van der Waals surface area (Å²) < 4.78 is 5.29. The highest BCUT2D eigenvalue weighted by atomic mass is 16.5. The highest BCUT2D eigenvalue weighted by Gasteiger charge is 2.66. The summed E-state index contributed by atoms with van der Waals surface area (Å²) in [5.74, 6) is 0.758. The smallest absolute Gasteiger partial charge is 0.311 e. The third-order valence-electron chi connectivity index (χ3n) is 9.52. The van der Waals surface area contributed by atoms with Gasteiger partial charge in [-0.05, 0) is 95.0 Å². The zero-order chi connectivity index (χ0) is 22.8. The average molecular weight is 431 g/mol. The normalized spacial score (nSPS) is 42.2. The number of allylic oxidation sites excluding steroid dienone is 1. The van der Waals surface area contributed by atoms with Crippen LogP contribution in [0.2, 0.25) is 0 Å². The van der Waals surface area contributed by atoms with Crippen LogP contribution in [0, 0.1) is 34.0 Å². The van der Waals surface area contributed by atoms with E-state index in [1.165, 1.54) is 5.57 Å². The Morgan fingerprint density at radius 1 is 1.06 bits per heavy atom. The van der Waals surface area contributed by atoms with Crippen molar-refractivity contribution in [3.63, 3.8) is 0 Å². The first-order valence-corrected chi connectivity index (χ1v) is 12.0. The molecule has 0 radical (unpaired) electrons. The predicted octanol–water partition coefficient (Wildman–Crippen LogP) is 4.41. The Hall–Kier alpha value is -1.49. The van der Waals surface area contributed by atoms with Crippen molar-refractivity contribution in [3.05, 3.63) is 11.6 Å². The van der Waals surface area contributed by atoms with E-state index in [1.807, 2.05) is 6.08 Å². The summed E-state index contributed by atoms with van der Waals surface area (Å²) in [6.07, 6.45) is 8.49. The molecule has 0 aromatic heterocycles. The molecule has 1 N–H and O–H groups in total. The number of ketones is 2. The molecule has 0 bridgehead atoms. The number of Topliss-reactive ketones (excluding diaryl/α,β-unsaturated/α-hetero) is 1. The number of esters is 1. The minimum absolute atomic E-state index is 0.0745. The van der Waals surface area contributed by atoms with Gasteiger partial charge in [0, 0.05) is 11.8 Å². The minimum atomic E-state index is -1.43. The summed E-state index contributed by atoms with van der Waals surface area (Å²) in [4.78, 5) is 37.3. The van der Waals surface area contributed by atoms with Crippen LogP contribution in [-0.4, -0.2) is 34.9 Å². The standard InChI is InChI=1S/C26H38O5/c1-23(2,3)22(29)31-15-21(28)26(30)13-10-20-18-7-6-16-14-17(27)8-11-24(16,4)19(18)9-12-25(20,26)5/h14,18-20,30H,6-13,15H2,1-5H3/t18-,19+,20+,24+,25+,26+/m1/s1. The molecule has 0 heterocycles. The van der Waals surface area contributed by atoms with Crippen LogP contribution in [0.15, 0.2) is 11.6 Å². The van der Waals surface area contributed by atoms with Crippen molar-refractivity contribution in [2.45, 2.75) is 91.6 Å². The number of hydrogen-bond acceptors (Lipinski definition) is 5. The lowest BCUT2D eigenvalue weighted by Crippen LogP contribution is -2.58. The summed E-state index contributed by atoms with van der Waals surface area (Å²) >= 11 is 0. The predicted molar refractivity (Wildman–Crippen MR) is 117 cm³/mol. The van der Waals surface area contributed by atoms with Crippen LogP contribution in [0.1, 0.15) is 86.0 Å². The fourth-order valence-corrected chi connectivity index (χ4v) is 7.50. The molecule has 4 aliphatic carbocycles. The van der Waals surface area contributed by atoms with Gasteiger partial charge in [-0.15, -0.1) is 0 Å². The fraction of sp³-hybridized carbons (Fsp3) is 0.808. The largest absolute Gasteiger partial charge is 0.457 e. The molecule has 0 spiro atoms. The number of carbonyl (C=O) groups excluding carboxylic acids is 3. The lowest BCUT2D eigenvalue weighted by Gasteiger charge is -2.58. The van der Waals surface area contributed by atoms with Gasteiger partial charge in [0.25, 0.3) is 0 Å². The van der Waals surface area contributed by atoms with E-state index < -0.39 is 22.4 Å². The van der Waals surface area contributed by atoms with E-state index in [0.29, 0.717) is 24.7 Å². The summed E-state index contributed by atoms with van der Waals surface area (Å²) in [5, 5.41) is 11.7. The highest BCUT2D eigenvalue weighted by molar-refractivity contribution is 5.92. The van der Waals surface area contributed by atoms with Gasteiger partial charge in [0.15, 0.2) is 12.4 Å². The zero-order valence-electron chi connectivity index (χ0n) is 19.8. The first-order chi connectivity index (χ1) is 14.3. The second-order valence-electron chi connectivity index (χ2n) is 12.1. The van der Waals surface area contributed by atoms with E-state index in [1.54, 1.807) is 20.8 Å². The summed E-state index contributed by atoms with van der Waals surface area (Å²) in [5.41, 5.74) is -1.19. The van der Waals surface area contributed by atoms with Gasteiger partial charge in [-0.25, -0.2) is 0 Å². The maximum Gasteiger partial charge on any atom is 0.311 e. The Bertz CT molecular complexity index is 835. The van der Waals surface area contributed by atoms with E-state index in [4.69, 9.17) is 4.74 Å². The van der Waals surface area contributed by atoms with Crippen LogP contribution >= 0.6 is 0 Å². The number of fused-ring (bicyclic) bond motifs is 5. The van der Waals surface area contributed by atoms with Crippen molar-refractivity contribution < 1.29 is 24.2 Å². The summed E-state index contributed by atoms with van der Waals surface area (Å²) in [6, 6.07) is 0. The molecule has 4 rings (SSSR count). The fourth-order valence-electron chi connectivity index (χ4n) is 7.50. The molecule has 3 fully saturated rings. The molecule has 0 aliphatic heterocycles. The quantitative estimate of drug-likeness (QED) is 0.671. The Morgan fingerprint density at radius 3 is 2.42 bits per heavy atom. The van der Waals surface area contributed by atoms with Gasteiger partial charge in [0.2, 0.25) is 5.78 Å². The van der Waals surface area contributed by atoms with Crippen LogP contribution < -0.4 is 0 Å². The van der Waals surface area contributed by atoms with Gasteiger partial charge in [0.05, 0.1) is 5.41 Å². The maximum atomic E-state index is 13.2. The van der Waals surface area contributed by atoms with E-state index in [-0.39, 0.29) is 29.5 Å². The highest BCUT2D eigenvalue weighted by Crippen LogP contribution is 2.67. The number of rotatable bonds is 3. The third kappa shape index (κ3) is 3.34. The van der Waals surface area contributed by atoms with E-state index >= 15 is 0 Å². The topological polar surface area (TPSA) is 80.7 Å². The molecule has 0 aromatic carbocycles. The van der Waals surface area contributed by atoms with Crippen molar-refractivity contribution in [3.8, 4) is 0 Å². The van der Waals surface area contributed by atoms with Crippen molar-refractivity contribution in [1.29, 1.82) is 0 Å². The van der Waals surface area contributed by atoms with Crippen molar-refractivity contribution in [2.24, 2.45) is 34.0 Å². The molecule has 0 amide bonds. The Kier molecular flexibility index (Phi) is 5.32. The summed E-state index contributed by atoms with van der Waals surface area (Å²) in [7, 11) is 0. The average Bonchev–Trinajstić information content (AvgIpc) is 2.98. The van der Waals surface area contributed by atoms with Gasteiger partial charge in [-0.1, -0.05) is 19.4 Å². The minimum Gasteiger partial charge on any atom is -0.457 e. The van der Waals surface area contributed by atoms with E-state index in [9.17, 15) is 19.5 Å². The first kappa shape index (κ1) is 22.7. The van der Waals surface area contributed by atoms with Gasteiger partial charge in [0.1, 0.15) is 5.60 Å². The molecular formula is C26H38O5. The van der Waals surface area contributed by atoms with Crippen LogP contribution in [-0.2, 0) is 19.1 Å². The van der Waals surface area contributed by atoms with Gasteiger partial charge in [-0.3, -0.25) is 14.4 Å². The molecule has 6 atom stereocenters. The third-order valence-corrected chi connectivity index (χ3v) is 9.52. The Balaban J connectivity index is 1.54. The van der Waals surface area contributed by atoms with E-state index in [2.05, 4.69) is 13.8 Å². The first-order valence-electron chi connectivity index (χ1n) is 12.0. The number of aliphatic hydroxyl groups is 1. The Morgan fingerprint density at radius 2 is 1.74 bits per heavy atom. The van der Waals surface area contributed by atoms with Crippen molar-refractivity contribution >= 4 is 17.5 Å². The van der Waals surface area contributed by atoms with Crippen LogP contribution in [0.3, 0.4) is 0 Å². The molecule has 3 saturated carbocycles. The van der Waals surface area contributed by atoms with Gasteiger partial charge < -0.3 is 9.84 Å². The maximum absolute atomic E-state index is 13.2. The number of ether oxygens (including phenoxy) is 1. The zero-order valence-corrected chi connectivity index (χ0v) is 19.8. The lowest BCUT2D eigenvalue weighted by atomic mass is 9.46. The molecule has 172 valence electrons. The molecule has 0 unspecified atom stereocenters. The monoisotopic (exact) mass is 430 g/mol. The Labute approximate surface area is 186 Å². The second kappa shape index (κ2) is 7.26. The van der Waals surface area contributed by atoms with Gasteiger partial charge >= 0.3 is 5.97 Å². The molecule has 31 heavy (non-hydrogen) atoms. The lowest BCUT2D eigenvalue weighted by molar-refractivity contribution is -0.172. The van der Waals surface area contributed by atoms with Gasteiger partial charge in [-0.2, -0.15) is 0 Å². The number of carbonyl (C=O) groups is 3. The van der Waals surface area contributed by atoms with Crippen LogP contribution in [0.5, 0.6) is 0 Å². The molecule has 5 heteroatoms.